The van der Waals surface area contributed by atoms with Crippen molar-refractivity contribution in [3.8, 4) is 5.75 Å². The molecule has 0 bridgehead atoms. The van der Waals surface area contributed by atoms with E-state index in [1.54, 1.807) is 12.1 Å². The molecule has 2 aromatic rings. The largest absolute Gasteiger partial charge is 0.495 e. The summed E-state index contributed by atoms with van der Waals surface area (Å²) in [5.41, 5.74) is 0.121. The van der Waals surface area contributed by atoms with Crippen LogP contribution >= 0.6 is 11.8 Å². The van der Waals surface area contributed by atoms with Crippen LogP contribution in [-0.4, -0.2) is 23.7 Å². The van der Waals surface area contributed by atoms with Gasteiger partial charge in [0.1, 0.15) is 11.6 Å². The van der Waals surface area contributed by atoms with E-state index in [4.69, 9.17) is 4.74 Å². The number of carbonyl (C=O) groups is 1. The summed E-state index contributed by atoms with van der Waals surface area (Å²) < 4.78 is 17.9. The summed E-state index contributed by atoms with van der Waals surface area (Å²) in [6, 6.07) is 9.99. The summed E-state index contributed by atoms with van der Waals surface area (Å²) in [4.78, 5) is 23.1. The molecule has 0 fully saturated rings. The molecule has 1 N–H and O–H groups in total. The third kappa shape index (κ3) is 4.95. The van der Waals surface area contributed by atoms with E-state index >= 15 is 0 Å². The Labute approximate surface area is 142 Å². The summed E-state index contributed by atoms with van der Waals surface area (Å²) in [6.07, 6.45) is 0.202. The minimum absolute atomic E-state index is 0.133. The Morgan fingerprint density at radius 1 is 1.29 bits per heavy atom. The van der Waals surface area contributed by atoms with Gasteiger partial charge in [0.2, 0.25) is 5.91 Å². The SMILES string of the molecule is COc1ccc([N+](=O)[O-])cc1NC(=O)CCSc1ccc(F)cc1. The molecular weight excluding hydrogens is 335 g/mol. The first-order valence-corrected chi connectivity index (χ1v) is 7.99. The van der Waals surface area contributed by atoms with Crippen LogP contribution in [-0.2, 0) is 4.79 Å². The molecule has 24 heavy (non-hydrogen) atoms. The highest BCUT2D eigenvalue weighted by Gasteiger charge is 2.13. The first-order valence-electron chi connectivity index (χ1n) is 7.00. The van der Waals surface area contributed by atoms with E-state index in [0.717, 1.165) is 4.90 Å². The number of benzene rings is 2. The number of amides is 1. The summed E-state index contributed by atoms with van der Waals surface area (Å²) in [5.74, 6) is 0.243. The maximum Gasteiger partial charge on any atom is 0.271 e. The Morgan fingerprint density at radius 2 is 2.00 bits per heavy atom. The van der Waals surface area contributed by atoms with Crippen molar-refractivity contribution >= 4 is 29.0 Å². The van der Waals surface area contributed by atoms with E-state index in [2.05, 4.69) is 5.32 Å². The lowest BCUT2D eigenvalue weighted by atomic mass is 10.2. The van der Waals surface area contributed by atoms with Gasteiger partial charge in [-0.25, -0.2) is 4.39 Å². The van der Waals surface area contributed by atoms with Crippen LogP contribution < -0.4 is 10.1 Å². The summed E-state index contributed by atoms with van der Waals surface area (Å²) >= 11 is 1.42. The minimum Gasteiger partial charge on any atom is -0.495 e. The molecule has 1 amide bonds. The number of halogens is 1. The lowest BCUT2D eigenvalue weighted by Crippen LogP contribution is -2.13. The van der Waals surface area contributed by atoms with Gasteiger partial charge in [0.05, 0.1) is 17.7 Å². The standard InChI is InChI=1S/C16H15FN2O4S/c1-23-15-7-4-12(19(21)22)10-14(15)18-16(20)8-9-24-13-5-2-11(17)3-6-13/h2-7,10H,8-9H2,1H3,(H,18,20). The van der Waals surface area contributed by atoms with Gasteiger partial charge in [0, 0.05) is 29.2 Å². The van der Waals surface area contributed by atoms with Crippen molar-refractivity contribution in [2.75, 3.05) is 18.2 Å². The number of carbonyl (C=O) groups excluding carboxylic acids is 1. The van der Waals surface area contributed by atoms with Crippen molar-refractivity contribution in [2.24, 2.45) is 0 Å². The summed E-state index contributed by atoms with van der Waals surface area (Å²) in [7, 11) is 1.42. The second-order valence-corrected chi connectivity index (χ2v) is 5.91. The van der Waals surface area contributed by atoms with Gasteiger partial charge in [0.25, 0.3) is 5.69 Å². The smallest absolute Gasteiger partial charge is 0.271 e. The topological polar surface area (TPSA) is 81.5 Å². The Bertz CT molecular complexity index is 737. The zero-order chi connectivity index (χ0) is 17.5. The highest BCUT2D eigenvalue weighted by Crippen LogP contribution is 2.29. The predicted octanol–water partition coefficient (Wildman–Crippen LogP) is 3.86. The average Bonchev–Trinajstić information content (AvgIpc) is 2.56. The second-order valence-electron chi connectivity index (χ2n) is 4.74. The molecule has 0 spiro atoms. The zero-order valence-electron chi connectivity index (χ0n) is 12.8. The van der Waals surface area contributed by atoms with Gasteiger partial charge in [-0.1, -0.05) is 0 Å². The molecule has 0 aliphatic heterocycles. The van der Waals surface area contributed by atoms with E-state index in [-0.39, 0.29) is 29.5 Å². The number of nitro benzene ring substituents is 1. The number of thioether (sulfide) groups is 1. The number of nitrogens with zero attached hydrogens (tertiary/aromatic N) is 1. The average molecular weight is 350 g/mol. The van der Waals surface area contributed by atoms with Crippen LogP contribution in [0.25, 0.3) is 0 Å². The summed E-state index contributed by atoms with van der Waals surface area (Å²) in [6.45, 7) is 0. The van der Waals surface area contributed by atoms with Crippen molar-refractivity contribution in [2.45, 2.75) is 11.3 Å². The first-order chi connectivity index (χ1) is 11.5. The molecule has 0 aliphatic carbocycles. The van der Waals surface area contributed by atoms with Crippen LogP contribution in [0.1, 0.15) is 6.42 Å². The molecule has 0 saturated heterocycles. The highest BCUT2D eigenvalue weighted by atomic mass is 32.2. The number of nitrogens with one attached hydrogen (secondary N) is 1. The number of non-ortho nitro benzene ring substituents is 1. The van der Waals surface area contributed by atoms with Gasteiger partial charge in [-0.15, -0.1) is 11.8 Å². The molecule has 2 rings (SSSR count). The van der Waals surface area contributed by atoms with Crippen molar-refractivity contribution in [1.29, 1.82) is 0 Å². The van der Waals surface area contributed by atoms with Gasteiger partial charge >= 0.3 is 0 Å². The normalized spacial score (nSPS) is 10.2. The third-order valence-corrected chi connectivity index (χ3v) is 4.09. The zero-order valence-corrected chi connectivity index (χ0v) is 13.6. The minimum atomic E-state index is -0.542. The van der Waals surface area contributed by atoms with Gasteiger partial charge in [-0.05, 0) is 30.3 Å². The first kappa shape index (κ1) is 17.7. The molecule has 126 valence electrons. The molecular formula is C16H15FN2O4S. The number of rotatable bonds is 7. The fraction of sp³-hybridized carbons (Fsp3) is 0.188. The van der Waals surface area contributed by atoms with Gasteiger partial charge < -0.3 is 10.1 Å². The van der Waals surface area contributed by atoms with Crippen LogP contribution in [0.4, 0.5) is 15.8 Å². The van der Waals surface area contributed by atoms with Crippen LogP contribution in [0.3, 0.4) is 0 Å². The van der Waals surface area contributed by atoms with Crippen LogP contribution in [0.15, 0.2) is 47.4 Å². The second kappa shape index (κ2) is 8.30. The monoisotopic (exact) mass is 350 g/mol. The Morgan fingerprint density at radius 3 is 2.62 bits per heavy atom. The van der Waals surface area contributed by atoms with Gasteiger partial charge in [0.15, 0.2) is 0 Å². The molecule has 2 aromatic carbocycles. The van der Waals surface area contributed by atoms with Crippen molar-refractivity contribution in [3.05, 3.63) is 58.4 Å². The third-order valence-electron chi connectivity index (χ3n) is 3.08. The summed E-state index contributed by atoms with van der Waals surface area (Å²) in [5, 5.41) is 13.4. The van der Waals surface area contributed by atoms with Crippen molar-refractivity contribution < 1.29 is 18.8 Å². The maximum atomic E-state index is 12.8. The fourth-order valence-electron chi connectivity index (χ4n) is 1.91. The maximum absolute atomic E-state index is 12.8. The van der Waals surface area contributed by atoms with Crippen LogP contribution in [0.5, 0.6) is 5.75 Å². The molecule has 0 atom stereocenters. The number of nitro groups is 1. The Balaban J connectivity index is 1.93. The van der Waals surface area contributed by atoms with E-state index in [1.807, 2.05) is 0 Å². The Hall–Kier alpha value is -2.61. The molecule has 0 unspecified atom stereocenters. The molecule has 6 nitrogen and oxygen atoms in total. The molecule has 0 aromatic heterocycles. The quantitative estimate of drug-likeness (QED) is 0.466. The lowest BCUT2D eigenvalue weighted by molar-refractivity contribution is -0.384. The van der Waals surface area contributed by atoms with E-state index in [9.17, 15) is 19.3 Å². The molecule has 8 heteroatoms. The van der Waals surface area contributed by atoms with E-state index in [0.29, 0.717) is 11.5 Å². The number of hydrogen-bond acceptors (Lipinski definition) is 5. The molecule has 0 radical (unpaired) electrons. The fourth-order valence-corrected chi connectivity index (χ4v) is 2.76. The number of methoxy groups -OCH3 is 1. The van der Waals surface area contributed by atoms with Gasteiger partial charge in [-0.2, -0.15) is 0 Å². The molecule has 0 heterocycles. The number of ether oxygens (including phenoxy) is 1. The van der Waals surface area contributed by atoms with Crippen LogP contribution in [0, 0.1) is 15.9 Å². The lowest BCUT2D eigenvalue weighted by Gasteiger charge is -2.10. The van der Waals surface area contributed by atoms with Gasteiger partial charge in [-0.3, -0.25) is 14.9 Å². The van der Waals surface area contributed by atoms with Crippen LogP contribution in [0.2, 0.25) is 0 Å². The van der Waals surface area contributed by atoms with Crippen molar-refractivity contribution in [1.82, 2.24) is 0 Å². The molecule has 0 saturated carbocycles. The number of hydrogen-bond donors (Lipinski definition) is 1. The molecule has 0 aliphatic rings. The number of anilines is 1. The predicted molar refractivity (Wildman–Crippen MR) is 90.0 cm³/mol. The highest BCUT2D eigenvalue weighted by molar-refractivity contribution is 7.99. The van der Waals surface area contributed by atoms with Crippen molar-refractivity contribution in [3.63, 3.8) is 0 Å². The van der Waals surface area contributed by atoms with E-state index in [1.165, 1.54) is 49.2 Å². The van der Waals surface area contributed by atoms with E-state index < -0.39 is 4.92 Å². The Kier molecular flexibility index (Phi) is 6.14.